The van der Waals surface area contributed by atoms with E-state index in [0.717, 1.165) is 48.8 Å². The predicted octanol–water partition coefficient (Wildman–Crippen LogP) is 7.89. The largest absolute Gasteiger partial charge is 0.353 e. The molecule has 3 aromatic rings. The van der Waals surface area contributed by atoms with Gasteiger partial charge in [-0.05, 0) is 77.5 Å². The van der Waals surface area contributed by atoms with Gasteiger partial charge in [0.2, 0.25) is 0 Å². The van der Waals surface area contributed by atoms with E-state index in [1.165, 1.54) is 5.57 Å². The molecule has 0 bridgehead atoms. The minimum Gasteiger partial charge on any atom is -0.353 e. The van der Waals surface area contributed by atoms with Gasteiger partial charge in [-0.25, -0.2) is 0 Å². The van der Waals surface area contributed by atoms with Crippen molar-refractivity contribution in [1.29, 1.82) is 0 Å². The number of ketones is 3. The normalized spacial score (nSPS) is 31.5. The van der Waals surface area contributed by atoms with Gasteiger partial charge in [-0.15, -0.1) is 0 Å². The van der Waals surface area contributed by atoms with Gasteiger partial charge in [-0.3, -0.25) is 14.4 Å². The molecule has 0 N–H and O–H groups in total. The summed E-state index contributed by atoms with van der Waals surface area (Å²) in [4.78, 5) is 40.7. The molecule has 7 rings (SSSR count). The average Bonchev–Trinajstić information content (AvgIpc) is 3.39. The van der Waals surface area contributed by atoms with E-state index in [1.54, 1.807) is 0 Å². The fourth-order valence-electron chi connectivity index (χ4n) is 9.96. The smallest absolute Gasteiger partial charge is 0.162 e. The highest BCUT2D eigenvalue weighted by Crippen LogP contribution is 2.65. The molecule has 4 nitrogen and oxygen atoms in total. The van der Waals surface area contributed by atoms with Crippen LogP contribution in [-0.2, 0) is 24.7 Å². The first-order chi connectivity index (χ1) is 21.3. The molecule has 0 amide bonds. The van der Waals surface area contributed by atoms with Crippen molar-refractivity contribution in [3.05, 3.63) is 119 Å². The van der Waals surface area contributed by atoms with E-state index in [2.05, 4.69) is 50.2 Å². The summed E-state index contributed by atoms with van der Waals surface area (Å²) in [5, 5.41) is 0. The Balaban J connectivity index is 1.19. The highest BCUT2D eigenvalue weighted by molar-refractivity contribution is 5.93. The summed E-state index contributed by atoms with van der Waals surface area (Å²) >= 11 is 0. The summed E-state index contributed by atoms with van der Waals surface area (Å²) in [6.45, 7) is 4.41. The van der Waals surface area contributed by atoms with Gasteiger partial charge < -0.3 is 4.74 Å². The van der Waals surface area contributed by atoms with Crippen molar-refractivity contribution in [2.24, 2.45) is 34.5 Å². The molecule has 6 atom stereocenters. The SMILES string of the molecule is C[C@]12CC(=O)[C@H]3[C@@H](CCC4=CC(=O)CC[C@@]43C)[C@@H]1CC[C@@H]2C(=O)COC(c1ccccc1)(c1ccccc1)c1ccccc1. The first-order valence-corrected chi connectivity index (χ1v) is 16.4. The highest BCUT2D eigenvalue weighted by atomic mass is 16.5. The lowest BCUT2D eigenvalue weighted by molar-refractivity contribution is -0.150. The number of benzene rings is 3. The topological polar surface area (TPSA) is 60.4 Å². The maximum Gasteiger partial charge on any atom is 0.162 e. The molecule has 0 spiro atoms. The van der Waals surface area contributed by atoms with Crippen LogP contribution in [0.4, 0.5) is 0 Å². The zero-order chi connectivity index (χ0) is 30.5. The maximum absolute atomic E-state index is 14.4. The van der Waals surface area contributed by atoms with E-state index in [0.29, 0.717) is 24.5 Å². The first kappa shape index (κ1) is 29.1. The molecule has 3 aromatic carbocycles. The number of rotatable bonds is 7. The van der Waals surface area contributed by atoms with E-state index in [9.17, 15) is 14.4 Å². The number of Topliss-reactive ketones (excluding diaryl/α,β-unsaturated/α-hetero) is 2. The molecule has 0 radical (unpaired) electrons. The number of carbonyl (C=O) groups is 3. The third kappa shape index (κ3) is 4.48. The van der Waals surface area contributed by atoms with Crippen LogP contribution in [-0.4, -0.2) is 24.0 Å². The number of fused-ring (bicyclic) bond motifs is 5. The zero-order valence-electron chi connectivity index (χ0n) is 25.8. The lowest BCUT2D eigenvalue weighted by atomic mass is 9.46. The van der Waals surface area contributed by atoms with Gasteiger partial charge >= 0.3 is 0 Å². The van der Waals surface area contributed by atoms with Crippen molar-refractivity contribution < 1.29 is 19.1 Å². The van der Waals surface area contributed by atoms with Gasteiger partial charge in [-0.2, -0.15) is 0 Å². The Morgan fingerprint density at radius 2 is 1.36 bits per heavy atom. The first-order valence-electron chi connectivity index (χ1n) is 16.4. The Morgan fingerprint density at radius 3 is 1.93 bits per heavy atom. The third-order valence-corrected chi connectivity index (χ3v) is 12.0. The number of ether oxygens (including phenoxy) is 1. The molecule has 3 fully saturated rings. The van der Waals surface area contributed by atoms with Crippen LogP contribution >= 0.6 is 0 Å². The van der Waals surface area contributed by atoms with Crippen LogP contribution < -0.4 is 0 Å². The predicted molar refractivity (Wildman–Crippen MR) is 171 cm³/mol. The number of hydrogen-bond donors (Lipinski definition) is 0. The summed E-state index contributed by atoms with van der Waals surface area (Å²) in [6, 6.07) is 30.5. The van der Waals surface area contributed by atoms with Crippen LogP contribution in [0.3, 0.4) is 0 Å². The van der Waals surface area contributed by atoms with Crippen molar-refractivity contribution in [3.8, 4) is 0 Å². The molecule has 4 aliphatic carbocycles. The standard InChI is InChI=1S/C40H42O4/c1-38-23-22-31(41)24-30(38)18-19-32-33-20-21-34(39(33,2)25-35(42)37(32)38)36(43)26-44-40(27-12-6-3-7-13-27,28-14-8-4-9-15-28)29-16-10-5-11-17-29/h3-17,24,32-34,37H,18-23,25-26H2,1-2H3/t32-,33-,34+,37+,38-,39-/m0/s1. The molecule has 0 aromatic heterocycles. The Labute approximate surface area is 260 Å². The molecule has 0 aliphatic heterocycles. The second kappa shape index (κ2) is 11.1. The fourth-order valence-corrected chi connectivity index (χ4v) is 9.96. The van der Waals surface area contributed by atoms with Crippen LogP contribution in [0.2, 0.25) is 0 Å². The van der Waals surface area contributed by atoms with Crippen LogP contribution in [0.25, 0.3) is 0 Å². The van der Waals surface area contributed by atoms with Crippen LogP contribution in [0.1, 0.15) is 75.5 Å². The Kier molecular flexibility index (Phi) is 7.32. The van der Waals surface area contributed by atoms with Gasteiger partial charge in [0.25, 0.3) is 0 Å². The average molecular weight is 587 g/mol. The van der Waals surface area contributed by atoms with Gasteiger partial charge in [0.1, 0.15) is 18.0 Å². The minimum atomic E-state index is -0.953. The molecule has 44 heavy (non-hydrogen) atoms. The summed E-state index contributed by atoms with van der Waals surface area (Å²) in [6.07, 6.45) is 7.17. The molecular formula is C40H42O4. The second-order valence-electron chi connectivity index (χ2n) is 14.2. The molecule has 0 heterocycles. The highest BCUT2D eigenvalue weighted by Gasteiger charge is 2.63. The van der Waals surface area contributed by atoms with Crippen molar-refractivity contribution in [2.75, 3.05) is 6.61 Å². The number of carbonyl (C=O) groups excluding carboxylic acids is 3. The van der Waals surface area contributed by atoms with Crippen molar-refractivity contribution in [3.63, 3.8) is 0 Å². The van der Waals surface area contributed by atoms with E-state index < -0.39 is 5.60 Å². The third-order valence-electron chi connectivity index (χ3n) is 12.0. The van der Waals surface area contributed by atoms with Gasteiger partial charge in [-0.1, -0.05) is 110 Å². The van der Waals surface area contributed by atoms with Crippen LogP contribution in [0, 0.1) is 34.5 Å². The van der Waals surface area contributed by atoms with Gasteiger partial charge in [0.15, 0.2) is 11.6 Å². The van der Waals surface area contributed by atoms with Gasteiger partial charge in [0.05, 0.1) is 0 Å². The van der Waals surface area contributed by atoms with E-state index in [-0.39, 0.29) is 46.8 Å². The Morgan fingerprint density at radius 1 is 0.795 bits per heavy atom. The van der Waals surface area contributed by atoms with Crippen LogP contribution in [0.15, 0.2) is 103 Å². The lowest BCUT2D eigenvalue weighted by Crippen LogP contribution is -2.55. The molecule has 4 heteroatoms. The molecule has 226 valence electrons. The van der Waals surface area contributed by atoms with E-state index in [4.69, 9.17) is 4.74 Å². The quantitative estimate of drug-likeness (QED) is 0.264. The zero-order valence-corrected chi connectivity index (χ0v) is 25.8. The summed E-state index contributed by atoms with van der Waals surface area (Å²) in [5.74, 6) is 0.942. The van der Waals surface area contributed by atoms with Gasteiger partial charge in [0, 0.05) is 24.7 Å². The molecule has 0 unspecified atom stereocenters. The maximum atomic E-state index is 14.4. The molecule has 3 saturated carbocycles. The van der Waals surface area contributed by atoms with Crippen molar-refractivity contribution in [2.45, 2.75) is 64.4 Å². The number of allylic oxidation sites excluding steroid dienone is 1. The van der Waals surface area contributed by atoms with Crippen molar-refractivity contribution >= 4 is 17.3 Å². The second-order valence-corrected chi connectivity index (χ2v) is 14.2. The summed E-state index contributed by atoms with van der Waals surface area (Å²) in [7, 11) is 0. The fraction of sp³-hybridized carbons (Fsp3) is 0.425. The van der Waals surface area contributed by atoms with Crippen LogP contribution in [0.5, 0.6) is 0 Å². The summed E-state index contributed by atoms with van der Waals surface area (Å²) < 4.78 is 6.94. The molecule has 4 aliphatic rings. The Bertz CT molecular complexity index is 1500. The van der Waals surface area contributed by atoms with E-state index in [1.807, 2.05) is 60.7 Å². The Hall–Kier alpha value is -3.63. The molecule has 0 saturated heterocycles. The monoisotopic (exact) mass is 586 g/mol. The summed E-state index contributed by atoms with van der Waals surface area (Å²) in [5.41, 5.74) is 2.57. The van der Waals surface area contributed by atoms with E-state index >= 15 is 0 Å². The molecular weight excluding hydrogens is 544 g/mol. The van der Waals surface area contributed by atoms with Crippen molar-refractivity contribution in [1.82, 2.24) is 0 Å². The number of hydrogen-bond acceptors (Lipinski definition) is 4. The lowest BCUT2D eigenvalue weighted by Gasteiger charge is -2.56. The minimum absolute atomic E-state index is 0.0271.